The smallest absolute Gasteiger partial charge is 0.256 e. The highest BCUT2D eigenvalue weighted by Gasteiger charge is 2.12. The van der Waals surface area contributed by atoms with Crippen LogP contribution in [0.25, 0.3) is 5.78 Å². The fourth-order valence-corrected chi connectivity index (χ4v) is 3.52. The Kier molecular flexibility index (Phi) is 5.33. The van der Waals surface area contributed by atoms with Crippen molar-refractivity contribution in [3.05, 3.63) is 52.8 Å². The van der Waals surface area contributed by atoms with Gasteiger partial charge in [0.05, 0.1) is 5.75 Å². The molecule has 0 unspecified atom stereocenters. The zero-order valence-electron chi connectivity index (χ0n) is 14.6. The molecular weight excluding hydrogens is 334 g/mol. The van der Waals surface area contributed by atoms with E-state index in [4.69, 9.17) is 0 Å². The van der Waals surface area contributed by atoms with Gasteiger partial charge in [0.2, 0.25) is 5.91 Å². The summed E-state index contributed by atoms with van der Waals surface area (Å²) in [5.74, 6) is 0.870. The second-order valence-corrected chi connectivity index (χ2v) is 6.91. The molecule has 1 aromatic carbocycles. The average Bonchev–Trinajstić information content (AvgIpc) is 2.98. The average molecular weight is 355 g/mol. The van der Waals surface area contributed by atoms with E-state index in [2.05, 4.69) is 39.6 Å². The van der Waals surface area contributed by atoms with E-state index in [9.17, 15) is 4.79 Å². The summed E-state index contributed by atoms with van der Waals surface area (Å²) in [6.45, 7) is 6.62. The van der Waals surface area contributed by atoms with Crippen molar-refractivity contribution in [3.63, 3.8) is 0 Å². The lowest BCUT2D eigenvalue weighted by molar-refractivity contribution is -0.118. The molecule has 0 aliphatic carbocycles. The Hall–Kier alpha value is -2.41. The lowest BCUT2D eigenvalue weighted by Crippen LogP contribution is -2.27. The number of hydrogen-bond donors (Lipinski definition) is 1. The number of aryl methyl sites for hydroxylation is 3. The molecule has 0 radical (unpaired) electrons. The number of carbonyl (C=O) groups excluding carboxylic acids is 1. The molecule has 3 rings (SSSR count). The van der Waals surface area contributed by atoms with Crippen LogP contribution in [0.4, 0.5) is 0 Å². The molecule has 0 saturated carbocycles. The third kappa shape index (κ3) is 4.17. The zero-order chi connectivity index (χ0) is 17.8. The van der Waals surface area contributed by atoms with Gasteiger partial charge in [0.15, 0.2) is 5.16 Å². The van der Waals surface area contributed by atoms with Gasteiger partial charge in [0.25, 0.3) is 5.78 Å². The number of nitrogens with one attached hydrogen (secondary N) is 1. The van der Waals surface area contributed by atoms with Gasteiger partial charge in [-0.1, -0.05) is 36.0 Å². The first kappa shape index (κ1) is 17.4. The SMILES string of the molecule is Cc1cc(C)n2c(SCC(=O)NCCc3ccccc3C)nnc2n1. The number of aromatic nitrogens is 4. The lowest BCUT2D eigenvalue weighted by atomic mass is 10.1. The molecule has 0 saturated heterocycles. The van der Waals surface area contributed by atoms with Crippen LogP contribution < -0.4 is 5.32 Å². The minimum Gasteiger partial charge on any atom is -0.355 e. The van der Waals surface area contributed by atoms with Crippen LogP contribution in [0.15, 0.2) is 35.5 Å². The monoisotopic (exact) mass is 355 g/mol. The van der Waals surface area contributed by atoms with Gasteiger partial charge in [0.1, 0.15) is 0 Å². The van der Waals surface area contributed by atoms with Crippen molar-refractivity contribution in [1.29, 1.82) is 0 Å². The molecule has 1 N–H and O–H groups in total. The van der Waals surface area contributed by atoms with Crippen LogP contribution in [0.5, 0.6) is 0 Å². The van der Waals surface area contributed by atoms with E-state index < -0.39 is 0 Å². The molecule has 3 aromatic rings. The maximum Gasteiger partial charge on any atom is 0.256 e. The van der Waals surface area contributed by atoms with E-state index in [1.807, 2.05) is 36.4 Å². The molecule has 25 heavy (non-hydrogen) atoms. The van der Waals surface area contributed by atoms with Gasteiger partial charge >= 0.3 is 0 Å². The van der Waals surface area contributed by atoms with Crippen LogP contribution in [-0.4, -0.2) is 37.8 Å². The molecule has 1 amide bonds. The third-order valence-corrected chi connectivity index (χ3v) is 4.90. The number of rotatable bonds is 6. The van der Waals surface area contributed by atoms with Gasteiger partial charge in [0, 0.05) is 17.9 Å². The normalized spacial score (nSPS) is 11.0. The molecule has 0 aliphatic heterocycles. The summed E-state index contributed by atoms with van der Waals surface area (Å²) in [6, 6.07) is 10.2. The van der Waals surface area contributed by atoms with Crippen LogP contribution in [0.1, 0.15) is 22.5 Å². The lowest BCUT2D eigenvalue weighted by Gasteiger charge is -2.07. The molecule has 0 fully saturated rings. The first-order chi connectivity index (χ1) is 12.0. The van der Waals surface area contributed by atoms with Crippen molar-refractivity contribution < 1.29 is 4.79 Å². The van der Waals surface area contributed by atoms with Crippen LogP contribution >= 0.6 is 11.8 Å². The summed E-state index contributed by atoms with van der Waals surface area (Å²) < 4.78 is 1.87. The minimum atomic E-state index is -0.00643. The molecule has 0 spiro atoms. The van der Waals surface area contributed by atoms with Gasteiger partial charge in [-0.15, -0.1) is 10.2 Å². The van der Waals surface area contributed by atoms with E-state index in [-0.39, 0.29) is 5.91 Å². The highest BCUT2D eigenvalue weighted by molar-refractivity contribution is 7.99. The molecular formula is C18H21N5OS. The Morgan fingerprint density at radius 1 is 1.20 bits per heavy atom. The van der Waals surface area contributed by atoms with Gasteiger partial charge in [-0.2, -0.15) is 0 Å². The topological polar surface area (TPSA) is 72.2 Å². The fourth-order valence-electron chi connectivity index (χ4n) is 2.70. The van der Waals surface area contributed by atoms with Gasteiger partial charge in [-0.05, 0) is 44.4 Å². The van der Waals surface area contributed by atoms with E-state index in [1.165, 1.54) is 22.9 Å². The van der Waals surface area contributed by atoms with Crippen LogP contribution in [-0.2, 0) is 11.2 Å². The highest BCUT2D eigenvalue weighted by atomic mass is 32.2. The summed E-state index contributed by atoms with van der Waals surface area (Å²) in [7, 11) is 0. The van der Waals surface area contributed by atoms with Gasteiger partial charge in [-0.3, -0.25) is 9.20 Å². The van der Waals surface area contributed by atoms with E-state index in [0.717, 1.165) is 17.8 Å². The van der Waals surface area contributed by atoms with Crippen molar-refractivity contribution in [2.45, 2.75) is 32.3 Å². The number of hydrogen-bond acceptors (Lipinski definition) is 5. The molecule has 6 nitrogen and oxygen atoms in total. The van der Waals surface area contributed by atoms with E-state index in [1.54, 1.807) is 0 Å². The summed E-state index contributed by atoms with van der Waals surface area (Å²) >= 11 is 1.37. The number of fused-ring (bicyclic) bond motifs is 1. The molecule has 0 aliphatic rings. The van der Waals surface area contributed by atoms with Crippen molar-refractivity contribution in [2.24, 2.45) is 0 Å². The molecule has 7 heteroatoms. The number of nitrogens with zero attached hydrogens (tertiary/aromatic N) is 4. The summed E-state index contributed by atoms with van der Waals surface area (Å²) in [6.07, 6.45) is 0.833. The number of thioether (sulfide) groups is 1. The minimum absolute atomic E-state index is 0.00643. The molecule has 2 aromatic heterocycles. The van der Waals surface area contributed by atoms with Crippen LogP contribution in [0, 0.1) is 20.8 Å². The second-order valence-electron chi connectivity index (χ2n) is 5.97. The summed E-state index contributed by atoms with van der Waals surface area (Å²) in [4.78, 5) is 16.4. The number of benzene rings is 1. The molecule has 0 bridgehead atoms. The van der Waals surface area contributed by atoms with Crippen molar-refractivity contribution in [3.8, 4) is 0 Å². The first-order valence-electron chi connectivity index (χ1n) is 8.18. The Bertz CT molecular complexity index is 906. The Balaban J connectivity index is 1.54. The predicted octanol–water partition coefficient (Wildman–Crippen LogP) is 2.50. The highest BCUT2D eigenvalue weighted by Crippen LogP contribution is 2.18. The largest absolute Gasteiger partial charge is 0.355 e. The summed E-state index contributed by atoms with van der Waals surface area (Å²) in [5, 5.41) is 11.9. The van der Waals surface area contributed by atoms with Gasteiger partial charge < -0.3 is 5.32 Å². The first-order valence-corrected chi connectivity index (χ1v) is 9.16. The van der Waals surface area contributed by atoms with Crippen molar-refractivity contribution in [2.75, 3.05) is 12.3 Å². The Morgan fingerprint density at radius 2 is 2.00 bits per heavy atom. The predicted molar refractivity (Wildman–Crippen MR) is 98.9 cm³/mol. The Labute approximate surface area is 151 Å². The van der Waals surface area contributed by atoms with E-state index in [0.29, 0.717) is 23.2 Å². The second kappa shape index (κ2) is 7.65. The maximum atomic E-state index is 12.1. The standard InChI is InChI=1S/C18H21N5OS/c1-12-6-4-5-7-15(12)8-9-19-16(24)11-25-18-22-21-17-20-13(2)10-14(3)23(17)18/h4-7,10H,8-9,11H2,1-3H3,(H,19,24). The fraction of sp³-hybridized carbons (Fsp3) is 0.333. The van der Waals surface area contributed by atoms with E-state index >= 15 is 0 Å². The molecule has 0 atom stereocenters. The molecule has 130 valence electrons. The third-order valence-electron chi connectivity index (χ3n) is 3.97. The van der Waals surface area contributed by atoms with Crippen molar-refractivity contribution >= 4 is 23.4 Å². The summed E-state index contributed by atoms with van der Waals surface area (Å²) in [5.41, 5.74) is 4.42. The quantitative estimate of drug-likeness (QED) is 0.688. The number of carbonyl (C=O) groups is 1. The van der Waals surface area contributed by atoms with Crippen molar-refractivity contribution in [1.82, 2.24) is 24.9 Å². The van der Waals surface area contributed by atoms with Gasteiger partial charge in [-0.25, -0.2) is 4.98 Å². The Morgan fingerprint density at radius 3 is 2.80 bits per heavy atom. The number of amides is 1. The molecule has 2 heterocycles. The van der Waals surface area contributed by atoms with Crippen LogP contribution in [0.3, 0.4) is 0 Å². The zero-order valence-corrected chi connectivity index (χ0v) is 15.4. The van der Waals surface area contributed by atoms with Crippen LogP contribution in [0.2, 0.25) is 0 Å². The maximum absolute atomic E-state index is 12.1.